The second-order valence-corrected chi connectivity index (χ2v) is 5.29. The number of ether oxygens (including phenoxy) is 1. The first-order chi connectivity index (χ1) is 10.1. The van der Waals surface area contributed by atoms with Crippen LogP contribution in [0.2, 0.25) is 0 Å². The largest absolute Gasteiger partial charge is 0.461 e. The van der Waals surface area contributed by atoms with Gasteiger partial charge in [-0.05, 0) is 25.5 Å². The van der Waals surface area contributed by atoms with Gasteiger partial charge in [0.1, 0.15) is 5.01 Å². The monoisotopic (exact) mass is 304 g/mol. The van der Waals surface area contributed by atoms with E-state index in [9.17, 15) is 9.59 Å². The Labute approximate surface area is 127 Å². The number of amides is 1. The minimum Gasteiger partial charge on any atom is -0.461 e. The Hall–Kier alpha value is -2.21. The Kier molecular flexibility index (Phi) is 5.05. The zero-order chi connectivity index (χ0) is 15.2. The van der Waals surface area contributed by atoms with Crippen molar-refractivity contribution in [2.45, 2.75) is 20.4 Å². The molecule has 0 atom stereocenters. The molecule has 21 heavy (non-hydrogen) atoms. The maximum atomic E-state index is 12.1. The van der Waals surface area contributed by atoms with Crippen LogP contribution in [0.1, 0.15) is 38.3 Å². The van der Waals surface area contributed by atoms with Gasteiger partial charge in [-0.3, -0.25) is 4.79 Å². The molecular weight excluding hydrogens is 288 g/mol. The lowest BCUT2D eigenvalue weighted by atomic mass is 10.1. The Balaban J connectivity index is 1.96. The maximum Gasteiger partial charge on any atom is 0.357 e. The van der Waals surface area contributed by atoms with Crippen molar-refractivity contribution < 1.29 is 14.3 Å². The first-order valence-corrected chi connectivity index (χ1v) is 7.45. The molecule has 5 nitrogen and oxygen atoms in total. The van der Waals surface area contributed by atoms with Gasteiger partial charge >= 0.3 is 5.97 Å². The molecule has 1 amide bonds. The van der Waals surface area contributed by atoms with Crippen molar-refractivity contribution in [2.24, 2.45) is 0 Å². The van der Waals surface area contributed by atoms with Crippen molar-refractivity contribution in [2.75, 3.05) is 6.61 Å². The number of aromatic nitrogens is 1. The van der Waals surface area contributed by atoms with Gasteiger partial charge in [-0.1, -0.05) is 18.2 Å². The van der Waals surface area contributed by atoms with Gasteiger partial charge in [-0.2, -0.15) is 0 Å². The smallest absolute Gasteiger partial charge is 0.357 e. The highest BCUT2D eigenvalue weighted by atomic mass is 32.1. The van der Waals surface area contributed by atoms with Gasteiger partial charge in [0.15, 0.2) is 5.69 Å². The molecule has 2 aromatic rings. The number of carbonyl (C=O) groups excluding carboxylic acids is 2. The Bertz CT molecular complexity index is 652. The number of carbonyl (C=O) groups is 2. The van der Waals surface area contributed by atoms with E-state index >= 15 is 0 Å². The quantitative estimate of drug-likeness (QED) is 0.862. The Morgan fingerprint density at radius 2 is 2.10 bits per heavy atom. The Morgan fingerprint density at radius 1 is 1.33 bits per heavy atom. The summed E-state index contributed by atoms with van der Waals surface area (Å²) in [5.41, 5.74) is 1.84. The van der Waals surface area contributed by atoms with E-state index in [0.717, 1.165) is 5.56 Å². The van der Waals surface area contributed by atoms with E-state index in [1.54, 1.807) is 18.4 Å². The summed E-state index contributed by atoms with van der Waals surface area (Å²) in [5.74, 6) is -0.591. The molecule has 1 heterocycles. The molecule has 2 rings (SSSR count). The minimum atomic E-state index is -0.440. The number of aryl methyl sites for hydroxylation is 1. The van der Waals surface area contributed by atoms with E-state index in [-0.39, 0.29) is 18.1 Å². The van der Waals surface area contributed by atoms with E-state index in [1.807, 2.05) is 25.1 Å². The van der Waals surface area contributed by atoms with Crippen molar-refractivity contribution >= 4 is 23.2 Å². The number of hydrogen-bond donors (Lipinski definition) is 1. The predicted octanol–water partition coefficient (Wildman–Crippen LogP) is 2.56. The van der Waals surface area contributed by atoms with Crippen LogP contribution >= 0.6 is 11.3 Å². The first kappa shape index (κ1) is 15.2. The van der Waals surface area contributed by atoms with Crippen LogP contribution in [0.4, 0.5) is 0 Å². The van der Waals surface area contributed by atoms with Crippen molar-refractivity contribution in [3.63, 3.8) is 0 Å². The first-order valence-electron chi connectivity index (χ1n) is 6.57. The topological polar surface area (TPSA) is 68.3 Å². The number of benzene rings is 1. The highest BCUT2D eigenvalue weighted by Crippen LogP contribution is 2.12. The van der Waals surface area contributed by atoms with Crippen molar-refractivity contribution in [1.29, 1.82) is 0 Å². The lowest BCUT2D eigenvalue weighted by Crippen LogP contribution is -2.23. The predicted molar refractivity (Wildman–Crippen MR) is 80.4 cm³/mol. The molecule has 0 aliphatic heterocycles. The average molecular weight is 304 g/mol. The maximum absolute atomic E-state index is 12.1. The number of rotatable bonds is 5. The van der Waals surface area contributed by atoms with Gasteiger partial charge in [0, 0.05) is 10.9 Å². The van der Waals surface area contributed by atoms with Gasteiger partial charge < -0.3 is 10.1 Å². The third kappa shape index (κ3) is 3.88. The highest BCUT2D eigenvalue weighted by Gasteiger charge is 2.13. The van der Waals surface area contributed by atoms with E-state index in [4.69, 9.17) is 4.74 Å². The molecule has 0 spiro atoms. The molecule has 0 aliphatic rings. The van der Waals surface area contributed by atoms with Crippen LogP contribution < -0.4 is 5.32 Å². The van der Waals surface area contributed by atoms with Crippen LogP contribution in [-0.2, 0) is 11.3 Å². The lowest BCUT2D eigenvalue weighted by molar-refractivity contribution is 0.0520. The number of hydrogen-bond acceptors (Lipinski definition) is 5. The van der Waals surface area contributed by atoms with Crippen LogP contribution in [0.15, 0.2) is 29.6 Å². The number of esters is 1. The average Bonchev–Trinajstić information content (AvgIpc) is 2.94. The summed E-state index contributed by atoms with van der Waals surface area (Å²) in [5, 5.41) is 5.10. The van der Waals surface area contributed by atoms with Crippen molar-refractivity contribution in [1.82, 2.24) is 10.3 Å². The third-order valence-electron chi connectivity index (χ3n) is 2.83. The summed E-state index contributed by atoms with van der Waals surface area (Å²) in [4.78, 5) is 27.7. The van der Waals surface area contributed by atoms with Gasteiger partial charge in [0.2, 0.25) is 0 Å². The van der Waals surface area contributed by atoms with Crippen LogP contribution in [0.3, 0.4) is 0 Å². The highest BCUT2D eigenvalue weighted by molar-refractivity contribution is 7.09. The molecule has 0 aliphatic carbocycles. The molecular formula is C15H16N2O3S. The summed E-state index contributed by atoms with van der Waals surface area (Å²) in [6, 6.07) is 7.37. The van der Waals surface area contributed by atoms with E-state index in [0.29, 0.717) is 17.2 Å². The zero-order valence-electron chi connectivity index (χ0n) is 11.9. The molecule has 0 saturated carbocycles. The summed E-state index contributed by atoms with van der Waals surface area (Å²) in [7, 11) is 0. The molecule has 0 bridgehead atoms. The molecule has 0 saturated heterocycles. The van der Waals surface area contributed by atoms with E-state index < -0.39 is 5.97 Å². The fourth-order valence-electron chi connectivity index (χ4n) is 1.77. The minimum absolute atomic E-state index is 0.152. The number of nitrogens with one attached hydrogen (secondary N) is 1. The molecule has 1 N–H and O–H groups in total. The standard InChI is InChI=1S/C15H16N2O3S/c1-3-20-15(19)12-9-21-13(17-12)8-16-14(18)11-7-5-4-6-10(11)2/h4-7,9H,3,8H2,1-2H3,(H,16,18). The molecule has 0 radical (unpaired) electrons. The fraction of sp³-hybridized carbons (Fsp3) is 0.267. The third-order valence-corrected chi connectivity index (χ3v) is 3.67. The molecule has 1 aromatic heterocycles. The second-order valence-electron chi connectivity index (χ2n) is 4.34. The number of nitrogens with zero attached hydrogens (tertiary/aromatic N) is 1. The Morgan fingerprint density at radius 3 is 2.81 bits per heavy atom. The van der Waals surface area contributed by atoms with Crippen LogP contribution in [-0.4, -0.2) is 23.5 Å². The van der Waals surface area contributed by atoms with Crippen molar-refractivity contribution in [3.8, 4) is 0 Å². The fourth-order valence-corrected chi connectivity index (χ4v) is 2.47. The van der Waals surface area contributed by atoms with E-state index in [2.05, 4.69) is 10.3 Å². The summed E-state index contributed by atoms with van der Waals surface area (Å²) in [6.07, 6.45) is 0. The van der Waals surface area contributed by atoms with Crippen molar-refractivity contribution in [3.05, 3.63) is 51.5 Å². The molecule has 0 unspecified atom stereocenters. The number of thiazole rings is 1. The lowest BCUT2D eigenvalue weighted by Gasteiger charge is -2.05. The second kappa shape index (κ2) is 6.99. The normalized spacial score (nSPS) is 10.2. The van der Waals surface area contributed by atoms with Gasteiger partial charge in [0.05, 0.1) is 13.2 Å². The van der Waals surface area contributed by atoms with Gasteiger partial charge in [-0.15, -0.1) is 11.3 Å². The molecule has 110 valence electrons. The van der Waals surface area contributed by atoms with E-state index in [1.165, 1.54) is 11.3 Å². The SMILES string of the molecule is CCOC(=O)c1csc(CNC(=O)c2ccccc2C)n1. The zero-order valence-corrected chi connectivity index (χ0v) is 12.7. The summed E-state index contributed by atoms with van der Waals surface area (Å²) < 4.78 is 4.87. The molecule has 0 fully saturated rings. The van der Waals surface area contributed by atoms with Crippen LogP contribution in [0.5, 0.6) is 0 Å². The molecule has 1 aromatic carbocycles. The summed E-state index contributed by atoms with van der Waals surface area (Å²) in [6.45, 7) is 4.23. The molecule has 6 heteroatoms. The summed E-state index contributed by atoms with van der Waals surface area (Å²) >= 11 is 1.32. The van der Waals surface area contributed by atoms with Crippen LogP contribution in [0, 0.1) is 6.92 Å². The van der Waals surface area contributed by atoms with Gasteiger partial charge in [-0.25, -0.2) is 9.78 Å². The van der Waals surface area contributed by atoms with Gasteiger partial charge in [0.25, 0.3) is 5.91 Å². The van der Waals surface area contributed by atoms with Crippen LogP contribution in [0.25, 0.3) is 0 Å².